The fourth-order valence-electron chi connectivity index (χ4n) is 1.36. The Morgan fingerprint density at radius 2 is 1.71 bits per heavy atom. The Balaban J connectivity index is 2.09. The van der Waals surface area contributed by atoms with Gasteiger partial charge in [0.15, 0.2) is 0 Å². The van der Waals surface area contributed by atoms with Gasteiger partial charge >= 0.3 is 0 Å². The molecule has 0 radical (unpaired) electrons. The molecule has 0 fully saturated rings. The Morgan fingerprint density at radius 1 is 1.06 bits per heavy atom. The van der Waals surface area contributed by atoms with Crippen molar-refractivity contribution in [1.29, 1.82) is 0 Å². The van der Waals surface area contributed by atoms with Gasteiger partial charge in [-0.15, -0.1) is 0 Å². The molecule has 0 saturated carbocycles. The molecule has 0 unspecified atom stereocenters. The highest BCUT2D eigenvalue weighted by molar-refractivity contribution is 6.04. The predicted octanol–water partition coefficient (Wildman–Crippen LogP) is 1.77. The van der Waals surface area contributed by atoms with Gasteiger partial charge in [-0.2, -0.15) is 0 Å². The van der Waals surface area contributed by atoms with E-state index in [-0.39, 0.29) is 5.91 Å². The number of nitrogens with zero attached hydrogens (tertiary/aromatic N) is 2. The van der Waals surface area contributed by atoms with Crippen LogP contribution in [-0.4, -0.2) is 22.9 Å². The summed E-state index contributed by atoms with van der Waals surface area (Å²) in [6.07, 6.45) is 4.51. The van der Waals surface area contributed by atoms with Gasteiger partial charge in [0, 0.05) is 18.3 Å². The molecule has 0 saturated heterocycles. The quantitative estimate of drug-likeness (QED) is 0.840. The van der Waals surface area contributed by atoms with Crippen molar-refractivity contribution in [2.24, 2.45) is 0 Å². The molecule has 1 heterocycles. The molecule has 5 heteroatoms. The zero-order valence-corrected chi connectivity index (χ0v) is 9.34. The Bertz CT molecular complexity index is 496. The van der Waals surface area contributed by atoms with Gasteiger partial charge in [-0.3, -0.25) is 4.79 Å². The Labute approximate surface area is 98.9 Å². The molecule has 1 amide bonds. The maximum atomic E-state index is 11.8. The average molecular weight is 228 g/mol. The summed E-state index contributed by atoms with van der Waals surface area (Å²) in [5.41, 5.74) is 2.13. The molecule has 0 spiro atoms. The lowest BCUT2D eigenvalue weighted by atomic mass is 10.2. The molecule has 2 N–H and O–H groups in total. The molecule has 2 rings (SSSR count). The van der Waals surface area contributed by atoms with Crippen molar-refractivity contribution in [1.82, 2.24) is 9.97 Å². The van der Waals surface area contributed by atoms with Gasteiger partial charge in [-0.05, 0) is 24.3 Å². The largest absolute Gasteiger partial charge is 0.388 e. The molecule has 0 aliphatic rings. The van der Waals surface area contributed by atoms with E-state index in [0.717, 1.165) is 5.69 Å². The molecule has 1 aromatic heterocycles. The summed E-state index contributed by atoms with van der Waals surface area (Å²) in [5, 5.41) is 5.70. The smallest absolute Gasteiger partial charge is 0.255 e. The van der Waals surface area contributed by atoms with E-state index in [1.807, 2.05) is 19.2 Å². The third-order valence-electron chi connectivity index (χ3n) is 2.25. The van der Waals surface area contributed by atoms with Gasteiger partial charge < -0.3 is 10.6 Å². The summed E-state index contributed by atoms with van der Waals surface area (Å²) >= 11 is 0. The second-order valence-corrected chi connectivity index (χ2v) is 3.41. The van der Waals surface area contributed by atoms with E-state index in [2.05, 4.69) is 20.6 Å². The van der Waals surface area contributed by atoms with Crippen molar-refractivity contribution in [2.45, 2.75) is 0 Å². The van der Waals surface area contributed by atoms with Crippen LogP contribution in [0.4, 0.5) is 11.4 Å². The fourth-order valence-corrected chi connectivity index (χ4v) is 1.36. The molecule has 0 aliphatic heterocycles. The van der Waals surface area contributed by atoms with Crippen LogP contribution in [0, 0.1) is 0 Å². The molecule has 0 atom stereocenters. The number of hydrogen-bond donors (Lipinski definition) is 2. The minimum Gasteiger partial charge on any atom is -0.388 e. The molecule has 2 aromatic rings. The van der Waals surface area contributed by atoms with Gasteiger partial charge in [-0.1, -0.05) is 0 Å². The monoisotopic (exact) mass is 228 g/mol. The fraction of sp³-hybridized carbons (Fsp3) is 0.0833. The third kappa shape index (κ3) is 2.78. The molecule has 0 bridgehead atoms. The van der Waals surface area contributed by atoms with E-state index in [9.17, 15) is 4.79 Å². The first-order chi connectivity index (χ1) is 8.29. The van der Waals surface area contributed by atoms with E-state index >= 15 is 0 Å². The lowest BCUT2D eigenvalue weighted by molar-refractivity contribution is 0.102. The van der Waals surface area contributed by atoms with Crippen LogP contribution in [0.3, 0.4) is 0 Å². The maximum Gasteiger partial charge on any atom is 0.255 e. The number of amides is 1. The summed E-state index contributed by atoms with van der Waals surface area (Å²) < 4.78 is 0. The normalized spacial score (nSPS) is 9.71. The Hall–Kier alpha value is -2.43. The number of hydrogen-bond acceptors (Lipinski definition) is 4. The standard InChI is InChI=1S/C12H12N4O/c1-13-10-4-2-9(3-5-10)12(17)16-11-6-14-8-15-7-11/h2-8,13H,1H3,(H,16,17). The molecule has 1 aromatic carbocycles. The van der Waals surface area contributed by atoms with Gasteiger partial charge in [0.05, 0.1) is 18.1 Å². The number of carbonyl (C=O) groups excluding carboxylic acids is 1. The van der Waals surface area contributed by atoms with Crippen molar-refractivity contribution in [3.8, 4) is 0 Å². The first kappa shape index (κ1) is 11.1. The van der Waals surface area contributed by atoms with Crippen LogP contribution in [0.5, 0.6) is 0 Å². The van der Waals surface area contributed by atoms with Crippen LogP contribution in [0.1, 0.15) is 10.4 Å². The second-order valence-electron chi connectivity index (χ2n) is 3.41. The highest BCUT2D eigenvalue weighted by Crippen LogP contribution is 2.10. The molecule has 0 aliphatic carbocycles. The van der Waals surface area contributed by atoms with Crippen LogP contribution in [0.15, 0.2) is 43.0 Å². The van der Waals surface area contributed by atoms with E-state index in [1.165, 1.54) is 6.33 Å². The maximum absolute atomic E-state index is 11.8. The van der Waals surface area contributed by atoms with Crippen molar-refractivity contribution in [2.75, 3.05) is 17.7 Å². The van der Waals surface area contributed by atoms with E-state index < -0.39 is 0 Å². The van der Waals surface area contributed by atoms with Gasteiger partial charge in [0.2, 0.25) is 0 Å². The van der Waals surface area contributed by atoms with Crippen LogP contribution < -0.4 is 10.6 Å². The number of aromatic nitrogens is 2. The number of anilines is 2. The number of carbonyl (C=O) groups is 1. The highest BCUT2D eigenvalue weighted by Gasteiger charge is 2.05. The summed E-state index contributed by atoms with van der Waals surface area (Å²) in [4.78, 5) is 19.5. The third-order valence-corrected chi connectivity index (χ3v) is 2.25. The molecular weight excluding hydrogens is 216 g/mol. The predicted molar refractivity (Wildman–Crippen MR) is 66.0 cm³/mol. The van der Waals surface area contributed by atoms with Gasteiger partial charge in [0.25, 0.3) is 5.91 Å². The van der Waals surface area contributed by atoms with Crippen LogP contribution in [0.25, 0.3) is 0 Å². The minimum atomic E-state index is -0.178. The zero-order valence-electron chi connectivity index (χ0n) is 9.34. The zero-order chi connectivity index (χ0) is 12.1. The van der Waals surface area contributed by atoms with Crippen molar-refractivity contribution >= 4 is 17.3 Å². The lowest BCUT2D eigenvalue weighted by Gasteiger charge is -2.05. The number of benzene rings is 1. The molecular formula is C12H12N4O. The SMILES string of the molecule is CNc1ccc(C(=O)Nc2cncnc2)cc1. The summed E-state index contributed by atoms with van der Waals surface area (Å²) in [6.45, 7) is 0. The number of nitrogens with one attached hydrogen (secondary N) is 2. The van der Waals surface area contributed by atoms with Crippen molar-refractivity contribution in [3.63, 3.8) is 0 Å². The average Bonchev–Trinajstić information content (AvgIpc) is 2.40. The van der Waals surface area contributed by atoms with Crippen LogP contribution in [-0.2, 0) is 0 Å². The lowest BCUT2D eigenvalue weighted by Crippen LogP contribution is -2.12. The first-order valence-electron chi connectivity index (χ1n) is 5.14. The van der Waals surface area contributed by atoms with Crippen molar-refractivity contribution < 1.29 is 4.79 Å². The van der Waals surface area contributed by atoms with Crippen molar-refractivity contribution in [3.05, 3.63) is 48.5 Å². The Morgan fingerprint density at radius 3 is 2.29 bits per heavy atom. The topological polar surface area (TPSA) is 66.9 Å². The summed E-state index contributed by atoms with van der Waals surface area (Å²) in [5.74, 6) is -0.178. The summed E-state index contributed by atoms with van der Waals surface area (Å²) in [6, 6.07) is 7.20. The van der Waals surface area contributed by atoms with Gasteiger partial charge in [0.1, 0.15) is 6.33 Å². The minimum absolute atomic E-state index is 0.178. The molecule has 5 nitrogen and oxygen atoms in total. The molecule has 86 valence electrons. The second kappa shape index (κ2) is 5.07. The van der Waals surface area contributed by atoms with Crippen LogP contribution in [0.2, 0.25) is 0 Å². The number of rotatable bonds is 3. The molecule has 17 heavy (non-hydrogen) atoms. The highest BCUT2D eigenvalue weighted by atomic mass is 16.1. The summed E-state index contributed by atoms with van der Waals surface area (Å²) in [7, 11) is 1.83. The first-order valence-corrected chi connectivity index (χ1v) is 5.14. The van der Waals surface area contributed by atoms with E-state index in [4.69, 9.17) is 0 Å². The Kier molecular flexibility index (Phi) is 3.30. The van der Waals surface area contributed by atoms with E-state index in [0.29, 0.717) is 11.3 Å². The van der Waals surface area contributed by atoms with Crippen LogP contribution >= 0.6 is 0 Å². The van der Waals surface area contributed by atoms with Gasteiger partial charge in [-0.25, -0.2) is 9.97 Å². The van der Waals surface area contributed by atoms with E-state index in [1.54, 1.807) is 24.5 Å².